The van der Waals surface area contributed by atoms with E-state index in [2.05, 4.69) is 4.18 Å². The van der Waals surface area contributed by atoms with Gasteiger partial charge in [-0.2, -0.15) is 21.6 Å². The second-order valence-corrected chi connectivity index (χ2v) is 15.8. The van der Waals surface area contributed by atoms with Gasteiger partial charge in [0.2, 0.25) is 5.91 Å². The van der Waals surface area contributed by atoms with Gasteiger partial charge in [0.05, 0.1) is 18.1 Å². The fourth-order valence-corrected chi connectivity index (χ4v) is 6.00. The Kier molecular flexibility index (Phi) is 6.23. The van der Waals surface area contributed by atoms with Crippen LogP contribution in [0.25, 0.3) is 0 Å². The fraction of sp³-hybridized carbons (Fsp3) is 0.882. The van der Waals surface area contributed by atoms with Crippen LogP contribution in [0, 0.1) is 11.8 Å². The molecular weight excluding hydrogens is 447 g/mol. The summed E-state index contributed by atoms with van der Waals surface area (Å²) in [6.45, 7) is 13.0. The smallest absolute Gasteiger partial charge is 0.480 e. The number of carbonyl (C=O) groups is 2. The van der Waals surface area contributed by atoms with Crippen LogP contribution in [0.2, 0.25) is 18.1 Å². The van der Waals surface area contributed by atoms with Gasteiger partial charge in [-0.15, -0.1) is 0 Å². The Hall–Kier alpha value is -1.18. The number of alkyl halides is 3. The first kappa shape index (κ1) is 25.1. The lowest BCUT2D eigenvalue weighted by Gasteiger charge is -2.50. The zero-order valence-corrected chi connectivity index (χ0v) is 19.7. The molecule has 2 fully saturated rings. The van der Waals surface area contributed by atoms with Crippen LogP contribution in [0.1, 0.15) is 34.6 Å². The number of rotatable bonds is 6. The highest BCUT2D eigenvalue weighted by Gasteiger charge is 2.67. The summed E-state index contributed by atoms with van der Waals surface area (Å²) in [6.07, 6.45) is -2.47. The molecule has 2 saturated heterocycles. The largest absolute Gasteiger partial charge is 0.523 e. The lowest BCUT2D eigenvalue weighted by molar-refractivity contribution is -0.171. The minimum Gasteiger partial charge on any atom is -0.480 e. The number of hydrogen-bond acceptors (Lipinski definition) is 6. The Labute approximate surface area is 175 Å². The molecule has 0 saturated carbocycles. The summed E-state index contributed by atoms with van der Waals surface area (Å²) in [5.74, 6) is -3.98. The molecule has 2 unspecified atom stereocenters. The van der Waals surface area contributed by atoms with Gasteiger partial charge in [-0.05, 0) is 25.1 Å². The van der Waals surface area contributed by atoms with Crippen LogP contribution < -0.4 is 0 Å². The number of nitrogens with zero attached hydrogens (tertiary/aromatic N) is 1. The van der Waals surface area contributed by atoms with E-state index in [1.807, 2.05) is 33.9 Å². The molecule has 2 aliphatic heterocycles. The summed E-state index contributed by atoms with van der Waals surface area (Å²) in [4.78, 5) is 25.4. The first-order valence-corrected chi connectivity index (χ1v) is 13.8. The summed E-state index contributed by atoms with van der Waals surface area (Å²) < 4.78 is 71.8. The molecule has 13 heteroatoms. The Balaban J connectivity index is 2.32. The van der Waals surface area contributed by atoms with Crippen molar-refractivity contribution in [2.75, 3.05) is 0 Å². The standard InChI is InChI=1S/C17H28F3NO7SSi/c1-8-11-10(9(2)28-30(6,7)16(3,4)5)14(22)21(11)12(15(23)24)13(8)27-29(25,26)17(18,19)20/h8-13H,1-7H3,(H,23,24)/t8-,9-,10-,11-,12?,13?/m1/s1. The molecule has 8 nitrogen and oxygen atoms in total. The SMILES string of the molecule is C[C@@H](O[Si](C)(C)C(C)(C)C)[C@H]1C(=O)N2C(C(=O)O)C(OS(=O)(=O)C(F)(F)F)[C@H](C)[C@H]12. The highest BCUT2D eigenvalue weighted by atomic mass is 32.2. The van der Waals surface area contributed by atoms with Crippen molar-refractivity contribution in [1.82, 2.24) is 4.90 Å². The van der Waals surface area contributed by atoms with Gasteiger partial charge in [-0.3, -0.25) is 8.98 Å². The van der Waals surface area contributed by atoms with Gasteiger partial charge in [0.1, 0.15) is 6.10 Å². The van der Waals surface area contributed by atoms with Gasteiger partial charge >= 0.3 is 21.6 Å². The molecule has 0 aliphatic carbocycles. The summed E-state index contributed by atoms with van der Waals surface area (Å²) in [5.41, 5.74) is -5.70. The predicted molar refractivity (Wildman–Crippen MR) is 102 cm³/mol. The van der Waals surface area contributed by atoms with Crippen molar-refractivity contribution in [2.24, 2.45) is 11.8 Å². The Bertz CT molecular complexity index is 824. The number of halogens is 3. The van der Waals surface area contributed by atoms with E-state index < -0.39 is 71.9 Å². The van der Waals surface area contributed by atoms with Gasteiger partial charge in [-0.25, -0.2) is 4.79 Å². The highest BCUT2D eigenvalue weighted by Crippen LogP contribution is 2.49. The Morgan fingerprint density at radius 3 is 2.13 bits per heavy atom. The molecule has 0 spiro atoms. The van der Waals surface area contributed by atoms with Crippen molar-refractivity contribution in [3.63, 3.8) is 0 Å². The quantitative estimate of drug-likeness (QED) is 0.272. The number of carboxylic acids is 1. The third kappa shape index (κ3) is 4.00. The van der Waals surface area contributed by atoms with Crippen molar-refractivity contribution in [3.8, 4) is 0 Å². The lowest BCUT2D eigenvalue weighted by Crippen LogP contribution is -2.67. The normalized spacial score (nSPS) is 31.3. The first-order chi connectivity index (χ1) is 13.2. The number of carbonyl (C=O) groups excluding carboxylic acids is 1. The molecule has 30 heavy (non-hydrogen) atoms. The van der Waals surface area contributed by atoms with Gasteiger partial charge in [-0.1, -0.05) is 27.7 Å². The number of hydrogen-bond donors (Lipinski definition) is 1. The van der Waals surface area contributed by atoms with Crippen LogP contribution >= 0.6 is 0 Å². The molecule has 6 atom stereocenters. The monoisotopic (exact) mass is 475 g/mol. The van der Waals surface area contributed by atoms with E-state index in [0.29, 0.717) is 0 Å². The molecule has 1 amide bonds. The van der Waals surface area contributed by atoms with E-state index >= 15 is 0 Å². The second kappa shape index (κ2) is 7.45. The van der Waals surface area contributed by atoms with Crippen molar-refractivity contribution in [1.29, 1.82) is 0 Å². The van der Waals surface area contributed by atoms with Crippen molar-refractivity contribution in [3.05, 3.63) is 0 Å². The summed E-state index contributed by atoms with van der Waals surface area (Å²) in [6, 6.07) is -2.63. The molecule has 2 rings (SSSR count). The minimum atomic E-state index is -6.03. The van der Waals surface area contributed by atoms with E-state index in [1.165, 1.54) is 6.92 Å². The van der Waals surface area contributed by atoms with Gasteiger partial charge in [0, 0.05) is 5.92 Å². The summed E-state index contributed by atoms with van der Waals surface area (Å²) in [5, 5.41) is 9.32. The van der Waals surface area contributed by atoms with Crippen LogP contribution in [0.4, 0.5) is 13.2 Å². The number of carboxylic acid groups (broad SMARTS) is 1. The molecule has 174 valence electrons. The Morgan fingerprint density at radius 1 is 1.23 bits per heavy atom. The van der Waals surface area contributed by atoms with E-state index in [1.54, 1.807) is 6.92 Å². The molecule has 0 bridgehead atoms. The summed E-state index contributed by atoms with van der Waals surface area (Å²) in [7, 11) is -8.32. The third-order valence-electron chi connectivity index (χ3n) is 6.46. The average molecular weight is 476 g/mol. The molecule has 1 N–H and O–H groups in total. The molecule has 2 aliphatic rings. The van der Waals surface area contributed by atoms with E-state index in [0.717, 1.165) is 4.90 Å². The van der Waals surface area contributed by atoms with Crippen LogP contribution in [0.15, 0.2) is 0 Å². The first-order valence-electron chi connectivity index (χ1n) is 9.47. The topological polar surface area (TPSA) is 110 Å². The molecule has 0 aromatic carbocycles. The zero-order valence-electron chi connectivity index (χ0n) is 17.9. The maximum atomic E-state index is 12.8. The van der Waals surface area contributed by atoms with Crippen LogP contribution in [-0.4, -0.2) is 68.4 Å². The van der Waals surface area contributed by atoms with E-state index in [4.69, 9.17) is 4.43 Å². The molecule has 2 heterocycles. The average Bonchev–Trinajstić information content (AvgIpc) is 2.74. The predicted octanol–water partition coefficient (Wildman–Crippen LogP) is 2.56. The van der Waals surface area contributed by atoms with Gasteiger partial charge in [0.15, 0.2) is 14.4 Å². The lowest BCUT2D eigenvalue weighted by atomic mass is 9.79. The third-order valence-corrected chi connectivity index (χ3v) is 12.1. The number of aliphatic carboxylic acids is 1. The maximum Gasteiger partial charge on any atom is 0.523 e. The van der Waals surface area contributed by atoms with E-state index in [9.17, 15) is 36.3 Å². The Morgan fingerprint density at radius 2 is 1.73 bits per heavy atom. The molecule has 0 aromatic heterocycles. The van der Waals surface area contributed by atoms with Crippen LogP contribution in [0.3, 0.4) is 0 Å². The second-order valence-electron chi connectivity index (χ2n) is 9.45. The number of amides is 1. The van der Waals surface area contributed by atoms with Gasteiger partial charge in [0.25, 0.3) is 0 Å². The summed E-state index contributed by atoms with van der Waals surface area (Å²) >= 11 is 0. The minimum absolute atomic E-state index is 0.162. The van der Waals surface area contributed by atoms with Crippen molar-refractivity contribution in [2.45, 2.75) is 82.6 Å². The fourth-order valence-electron chi connectivity index (χ4n) is 3.89. The molecular formula is C17H28F3NO7SSi. The van der Waals surface area contributed by atoms with Gasteiger partial charge < -0.3 is 14.4 Å². The van der Waals surface area contributed by atoms with Crippen LogP contribution in [-0.2, 0) is 28.3 Å². The number of β-lactam (4-membered cyclic amide) rings is 1. The molecule has 0 radical (unpaired) electrons. The van der Waals surface area contributed by atoms with Crippen molar-refractivity contribution >= 4 is 30.3 Å². The van der Waals surface area contributed by atoms with Crippen LogP contribution in [0.5, 0.6) is 0 Å². The maximum absolute atomic E-state index is 12.8. The number of fused-ring (bicyclic) bond motifs is 1. The van der Waals surface area contributed by atoms with Crippen molar-refractivity contribution < 1.29 is 44.9 Å². The zero-order chi connectivity index (χ0) is 23.6. The highest BCUT2D eigenvalue weighted by molar-refractivity contribution is 7.87. The van der Waals surface area contributed by atoms with E-state index in [-0.39, 0.29) is 5.04 Å². The molecule has 0 aromatic rings.